The molecule has 1 N–H and O–H groups in total. The van der Waals surface area contributed by atoms with E-state index < -0.39 is 0 Å². The Bertz CT molecular complexity index is 350. The minimum atomic E-state index is 0.0326. The molecule has 3 heteroatoms. The fraction of sp³-hybridized carbons (Fsp3) is 0.462. The first kappa shape index (κ1) is 13.1. The summed E-state index contributed by atoms with van der Waals surface area (Å²) in [5.41, 5.74) is 0.787. The Morgan fingerprint density at radius 2 is 2.06 bits per heavy atom. The van der Waals surface area contributed by atoms with E-state index in [9.17, 15) is 4.79 Å². The number of rotatable bonds is 5. The first-order valence-electron chi connectivity index (χ1n) is 5.65. The Labute approximate surface area is 102 Å². The molecule has 0 aliphatic heterocycles. The molecule has 0 radical (unpaired) electrons. The van der Waals surface area contributed by atoms with Crippen LogP contribution in [0.3, 0.4) is 0 Å². The molecule has 0 unspecified atom stereocenters. The van der Waals surface area contributed by atoms with Gasteiger partial charge in [0.25, 0.3) is 5.91 Å². The van der Waals surface area contributed by atoms with E-state index in [1.54, 1.807) is 11.8 Å². The van der Waals surface area contributed by atoms with E-state index in [0.717, 1.165) is 22.8 Å². The molecule has 0 aliphatic rings. The summed E-state index contributed by atoms with van der Waals surface area (Å²) in [6.07, 6.45) is 0. The van der Waals surface area contributed by atoms with Gasteiger partial charge >= 0.3 is 0 Å². The van der Waals surface area contributed by atoms with E-state index in [4.69, 9.17) is 0 Å². The number of benzene rings is 1. The highest BCUT2D eigenvalue weighted by Gasteiger charge is 2.10. The van der Waals surface area contributed by atoms with Crippen LogP contribution in [0.25, 0.3) is 0 Å². The van der Waals surface area contributed by atoms with Crippen molar-refractivity contribution in [3.8, 4) is 0 Å². The van der Waals surface area contributed by atoms with E-state index in [1.165, 1.54) is 0 Å². The van der Waals surface area contributed by atoms with Gasteiger partial charge in [0, 0.05) is 11.4 Å². The van der Waals surface area contributed by atoms with Crippen LogP contribution in [0.4, 0.5) is 0 Å². The molecule has 0 fully saturated rings. The van der Waals surface area contributed by atoms with Crippen LogP contribution in [0.15, 0.2) is 29.2 Å². The lowest BCUT2D eigenvalue weighted by Crippen LogP contribution is -2.27. The lowest BCUT2D eigenvalue weighted by molar-refractivity contribution is 0.0946. The average molecular weight is 237 g/mol. The molecule has 0 aromatic heterocycles. The molecule has 2 nitrogen and oxygen atoms in total. The summed E-state index contributed by atoms with van der Waals surface area (Å²) in [6, 6.07) is 7.76. The number of nitrogens with one attached hydrogen (secondary N) is 1. The summed E-state index contributed by atoms with van der Waals surface area (Å²) >= 11 is 1.70. The third kappa shape index (κ3) is 3.89. The summed E-state index contributed by atoms with van der Waals surface area (Å²) in [5.74, 6) is 1.49. The van der Waals surface area contributed by atoms with E-state index in [1.807, 2.05) is 24.3 Å². The normalized spacial score (nSPS) is 10.5. The maximum absolute atomic E-state index is 11.9. The molecule has 0 saturated heterocycles. The first-order chi connectivity index (χ1) is 7.65. The van der Waals surface area contributed by atoms with Gasteiger partial charge in [-0.3, -0.25) is 4.79 Å². The SMILES string of the molecule is CCSc1ccccc1C(=O)NCC(C)C. The van der Waals surface area contributed by atoms with Crippen LogP contribution >= 0.6 is 11.8 Å². The van der Waals surface area contributed by atoms with E-state index in [2.05, 4.69) is 26.1 Å². The maximum atomic E-state index is 11.9. The van der Waals surface area contributed by atoms with E-state index in [-0.39, 0.29) is 5.91 Å². The lowest BCUT2D eigenvalue weighted by Gasteiger charge is -2.10. The lowest BCUT2D eigenvalue weighted by atomic mass is 10.2. The molecule has 0 spiro atoms. The molecule has 1 amide bonds. The molecule has 1 aromatic carbocycles. The highest BCUT2D eigenvalue weighted by molar-refractivity contribution is 7.99. The second-order valence-corrected chi connectivity index (χ2v) is 5.34. The predicted octanol–water partition coefficient (Wildman–Crippen LogP) is 3.18. The van der Waals surface area contributed by atoms with Gasteiger partial charge in [0.15, 0.2) is 0 Å². The largest absolute Gasteiger partial charge is 0.352 e. The minimum absolute atomic E-state index is 0.0326. The number of carbonyl (C=O) groups excluding carboxylic acids is 1. The number of hydrogen-bond donors (Lipinski definition) is 1. The molecule has 0 bridgehead atoms. The van der Waals surface area contributed by atoms with Crippen molar-refractivity contribution >= 4 is 17.7 Å². The molecule has 0 atom stereocenters. The fourth-order valence-electron chi connectivity index (χ4n) is 1.33. The fourth-order valence-corrected chi connectivity index (χ4v) is 2.13. The highest BCUT2D eigenvalue weighted by atomic mass is 32.2. The Hall–Kier alpha value is -0.960. The number of hydrogen-bond acceptors (Lipinski definition) is 2. The third-order valence-corrected chi connectivity index (χ3v) is 3.06. The van der Waals surface area contributed by atoms with Crippen molar-refractivity contribution in [2.75, 3.05) is 12.3 Å². The second kappa shape index (κ2) is 6.59. The Kier molecular flexibility index (Phi) is 5.39. The van der Waals surface area contributed by atoms with Gasteiger partial charge in [-0.2, -0.15) is 0 Å². The quantitative estimate of drug-likeness (QED) is 0.797. The van der Waals surface area contributed by atoms with Crippen molar-refractivity contribution < 1.29 is 4.79 Å². The first-order valence-corrected chi connectivity index (χ1v) is 6.63. The summed E-state index contributed by atoms with van der Waals surface area (Å²) in [7, 11) is 0. The standard InChI is InChI=1S/C13H19NOS/c1-4-16-12-8-6-5-7-11(12)13(15)14-9-10(2)3/h5-8,10H,4,9H2,1-3H3,(H,14,15). The zero-order chi connectivity index (χ0) is 12.0. The van der Waals surface area contributed by atoms with Gasteiger partial charge < -0.3 is 5.32 Å². The number of thioether (sulfide) groups is 1. The smallest absolute Gasteiger partial charge is 0.252 e. The molecule has 0 aliphatic carbocycles. The van der Waals surface area contributed by atoms with Crippen LogP contribution in [-0.2, 0) is 0 Å². The van der Waals surface area contributed by atoms with E-state index in [0.29, 0.717) is 5.92 Å². The van der Waals surface area contributed by atoms with E-state index >= 15 is 0 Å². The molecule has 0 heterocycles. The van der Waals surface area contributed by atoms with Gasteiger partial charge in [-0.1, -0.05) is 32.9 Å². The van der Waals surface area contributed by atoms with Crippen molar-refractivity contribution in [1.82, 2.24) is 5.32 Å². The van der Waals surface area contributed by atoms with Crippen LogP contribution in [-0.4, -0.2) is 18.2 Å². The van der Waals surface area contributed by atoms with Gasteiger partial charge in [0.1, 0.15) is 0 Å². The monoisotopic (exact) mass is 237 g/mol. The van der Waals surface area contributed by atoms with Crippen LogP contribution in [0.2, 0.25) is 0 Å². The highest BCUT2D eigenvalue weighted by Crippen LogP contribution is 2.21. The van der Waals surface area contributed by atoms with Gasteiger partial charge in [0.05, 0.1) is 5.56 Å². The average Bonchev–Trinajstić information content (AvgIpc) is 2.27. The van der Waals surface area contributed by atoms with Gasteiger partial charge in [0.2, 0.25) is 0 Å². The summed E-state index contributed by atoms with van der Waals surface area (Å²) in [4.78, 5) is 13.0. The van der Waals surface area contributed by atoms with Gasteiger partial charge in [-0.25, -0.2) is 0 Å². The summed E-state index contributed by atoms with van der Waals surface area (Å²) in [5, 5.41) is 2.94. The molecule has 0 saturated carbocycles. The Morgan fingerprint density at radius 1 is 1.38 bits per heavy atom. The molecule has 1 aromatic rings. The van der Waals surface area contributed by atoms with Gasteiger partial charge in [-0.05, 0) is 23.8 Å². The van der Waals surface area contributed by atoms with Crippen molar-refractivity contribution in [3.05, 3.63) is 29.8 Å². The van der Waals surface area contributed by atoms with Crippen LogP contribution < -0.4 is 5.32 Å². The number of amides is 1. The number of carbonyl (C=O) groups is 1. The third-order valence-electron chi connectivity index (χ3n) is 2.10. The second-order valence-electron chi connectivity index (χ2n) is 4.03. The zero-order valence-electron chi connectivity index (χ0n) is 10.1. The van der Waals surface area contributed by atoms with Crippen molar-refractivity contribution in [1.29, 1.82) is 0 Å². The molecule has 88 valence electrons. The summed E-state index contributed by atoms with van der Waals surface area (Å²) in [6.45, 7) is 7.00. The molecule has 16 heavy (non-hydrogen) atoms. The minimum Gasteiger partial charge on any atom is -0.352 e. The Morgan fingerprint density at radius 3 is 2.69 bits per heavy atom. The Balaban J connectivity index is 2.73. The maximum Gasteiger partial charge on any atom is 0.252 e. The molecule has 1 rings (SSSR count). The predicted molar refractivity (Wildman–Crippen MR) is 70.0 cm³/mol. The summed E-state index contributed by atoms with van der Waals surface area (Å²) < 4.78 is 0. The van der Waals surface area contributed by atoms with Crippen molar-refractivity contribution in [3.63, 3.8) is 0 Å². The van der Waals surface area contributed by atoms with Crippen molar-refractivity contribution in [2.24, 2.45) is 5.92 Å². The van der Waals surface area contributed by atoms with Crippen molar-refractivity contribution in [2.45, 2.75) is 25.7 Å². The zero-order valence-corrected chi connectivity index (χ0v) is 10.9. The molecular formula is C13H19NOS. The van der Waals surface area contributed by atoms with Crippen LogP contribution in [0, 0.1) is 5.92 Å². The molecular weight excluding hydrogens is 218 g/mol. The topological polar surface area (TPSA) is 29.1 Å². The van der Waals surface area contributed by atoms with Crippen LogP contribution in [0.1, 0.15) is 31.1 Å². The van der Waals surface area contributed by atoms with Crippen LogP contribution in [0.5, 0.6) is 0 Å². The van der Waals surface area contributed by atoms with Gasteiger partial charge in [-0.15, -0.1) is 11.8 Å².